The van der Waals surface area contributed by atoms with Gasteiger partial charge >= 0.3 is 0 Å². The third-order valence-corrected chi connectivity index (χ3v) is 13.4. The smallest absolute Gasteiger partial charge is 0.0540 e. The van der Waals surface area contributed by atoms with E-state index < -0.39 is 0 Å². The van der Waals surface area contributed by atoms with Crippen LogP contribution < -0.4 is 19.6 Å². The van der Waals surface area contributed by atoms with Crippen molar-refractivity contribution < 1.29 is 0 Å². The van der Waals surface area contributed by atoms with Crippen LogP contribution in [0.3, 0.4) is 0 Å². The van der Waals surface area contributed by atoms with E-state index in [1.54, 1.807) is 0 Å². The molecule has 0 saturated heterocycles. The number of anilines is 12. The Morgan fingerprint density at radius 2 is 0.417 bits per heavy atom. The highest BCUT2D eigenvalue weighted by Crippen LogP contribution is 2.44. The van der Waals surface area contributed by atoms with E-state index >= 15 is 0 Å². The van der Waals surface area contributed by atoms with E-state index in [2.05, 4.69) is 323 Å². The molecule has 12 aromatic rings. The zero-order chi connectivity index (χ0) is 48.1. The second-order valence-electron chi connectivity index (χ2n) is 17.8. The molecule has 0 unspecified atom stereocenters. The van der Waals surface area contributed by atoms with Crippen LogP contribution in [0.5, 0.6) is 0 Å². The fraction of sp³-hybridized carbons (Fsp3) is 0. The Hall–Kier alpha value is -9.64. The second-order valence-corrected chi connectivity index (χ2v) is 17.8. The van der Waals surface area contributed by atoms with Gasteiger partial charge in [0, 0.05) is 67.6 Å². The summed E-state index contributed by atoms with van der Waals surface area (Å²) in [7, 11) is 0. The molecule has 0 aromatic heterocycles. The minimum Gasteiger partial charge on any atom is -0.310 e. The fourth-order valence-electron chi connectivity index (χ4n) is 9.99. The number of nitrogens with zero attached hydrogens (tertiary/aromatic N) is 4. The molecule has 12 aromatic carbocycles. The minimum absolute atomic E-state index is 1.08. The second kappa shape index (κ2) is 19.8. The van der Waals surface area contributed by atoms with Crippen LogP contribution >= 0.6 is 0 Å². The van der Waals surface area contributed by atoms with Gasteiger partial charge in [-0.05, 0) is 155 Å². The lowest BCUT2D eigenvalue weighted by Gasteiger charge is -2.28. The van der Waals surface area contributed by atoms with Crippen LogP contribution in [-0.2, 0) is 0 Å². The van der Waals surface area contributed by atoms with E-state index in [1.807, 2.05) is 0 Å². The highest BCUT2D eigenvalue weighted by Gasteiger charge is 2.20. The first kappa shape index (κ1) is 43.6. The first-order valence-corrected chi connectivity index (χ1v) is 24.5. The van der Waals surface area contributed by atoms with Gasteiger partial charge in [0.25, 0.3) is 0 Å². The molecule has 342 valence electrons. The van der Waals surface area contributed by atoms with Gasteiger partial charge in [0.15, 0.2) is 0 Å². The SMILES string of the molecule is c1ccc(N(c2ccc(-c3ccc(N(c4ccccc4)c4ccc5c(N(c6ccccc6)c6ccccc6)cccc5c4)cc3)cc2)c2ccc3c(N(c4ccccc4)c4ccccc4)cccc3c2)cc1. The van der Waals surface area contributed by atoms with Crippen LogP contribution in [0.4, 0.5) is 68.2 Å². The van der Waals surface area contributed by atoms with Crippen molar-refractivity contribution >= 4 is 89.8 Å². The van der Waals surface area contributed by atoms with Gasteiger partial charge in [0.05, 0.1) is 11.4 Å². The quantitative estimate of drug-likeness (QED) is 0.114. The van der Waals surface area contributed by atoms with E-state index in [1.165, 1.54) is 10.8 Å². The Kier molecular flexibility index (Phi) is 12.0. The molecule has 12 rings (SSSR count). The Morgan fingerprint density at radius 3 is 0.708 bits per heavy atom. The lowest BCUT2D eigenvalue weighted by molar-refractivity contribution is 1.28. The van der Waals surface area contributed by atoms with Crippen molar-refractivity contribution in [3.05, 3.63) is 303 Å². The van der Waals surface area contributed by atoms with Crippen molar-refractivity contribution in [2.75, 3.05) is 19.6 Å². The van der Waals surface area contributed by atoms with Gasteiger partial charge in [-0.25, -0.2) is 0 Å². The zero-order valence-electron chi connectivity index (χ0n) is 39.7. The lowest BCUT2D eigenvalue weighted by atomic mass is 10.0. The van der Waals surface area contributed by atoms with E-state index in [0.29, 0.717) is 0 Å². The summed E-state index contributed by atoms with van der Waals surface area (Å²) >= 11 is 0. The first-order valence-electron chi connectivity index (χ1n) is 24.5. The number of benzene rings is 12. The van der Waals surface area contributed by atoms with Crippen molar-refractivity contribution in [2.45, 2.75) is 0 Å². The summed E-state index contributed by atoms with van der Waals surface area (Å²) < 4.78 is 0. The largest absolute Gasteiger partial charge is 0.310 e. The number of para-hydroxylation sites is 6. The monoisotopic (exact) mass is 922 g/mol. The summed E-state index contributed by atoms with van der Waals surface area (Å²) in [5.74, 6) is 0. The Balaban J connectivity index is 0.863. The van der Waals surface area contributed by atoms with Gasteiger partial charge in [-0.2, -0.15) is 0 Å². The van der Waals surface area contributed by atoms with Gasteiger partial charge in [-0.3, -0.25) is 0 Å². The Bertz CT molecular complexity index is 3390. The third-order valence-electron chi connectivity index (χ3n) is 13.4. The minimum atomic E-state index is 1.08. The molecule has 0 aliphatic carbocycles. The van der Waals surface area contributed by atoms with Crippen LogP contribution in [0, 0.1) is 0 Å². The van der Waals surface area contributed by atoms with Crippen molar-refractivity contribution in [3.63, 3.8) is 0 Å². The average molecular weight is 923 g/mol. The van der Waals surface area contributed by atoms with Gasteiger partial charge in [0.2, 0.25) is 0 Å². The molecule has 72 heavy (non-hydrogen) atoms. The summed E-state index contributed by atoms with van der Waals surface area (Å²) in [5.41, 5.74) is 15.5. The van der Waals surface area contributed by atoms with Crippen LogP contribution in [-0.4, -0.2) is 0 Å². The van der Waals surface area contributed by atoms with Crippen molar-refractivity contribution in [1.29, 1.82) is 0 Å². The van der Waals surface area contributed by atoms with Crippen LogP contribution in [0.15, 0.2) is 303 Å². The third kappa shape index (κ3) is 8.70. The van der Waals surface area contributed by atoms with Crippen LogP contribution in [0.2, 0.25) is 0 Å². The Morgan fingerprint density at radius 1 is 0.167 bits per heavy atom. The molecule has 0 saturated carbocycles. The number of rotatable bonds is 13. The molecule has 0 N–H and O–H groups in total. The summed E-state index contributed by atoms with van der Waals surface area (Å²) in [6, 6.07) is 108. The normalized spacial score (nSPS) is 11.1. The molecular formula is C68H50N4. The summed E-state index contributed by atoms with van der Waals surface area (Å²) in [6.45, 7) is 0. The van der Waals surface area contributed by atoms with E-state index in [4.69, 9.17) is 0 Å². The molecule has 0 atom stereocenters. The van der Waals surface area contributed by atoms with E-state index in [0.717, 1.165) is 90.1 Å². The van der Waals surface area contributed by atoms with Gasteiger partial charge in [0.1, 0.15) is 0 Å². The van der Waals surface area contributed by atoms with Crippen molar-refractivity contribution in [2.24, 2.45) is 0 Å². The number of hydrogen-bond acceptors (Lipinski definition) is 4. The summed E-state index contributed by atoms with van der Waals surface area (Å²) in [6.07, 6.45) is 0. The summed E-state index contributed by atoms with van der Waals surface area (Å²) in [5, 5.41) is 4.68. The van der Waals surface area contributed by atoms with Gasteiger partial charge in [-0.15, -0.1) is 0 Å². The molecule has 0 heterocycles. The predicted molar refractivity (Wildman–Crippen MR) is 306 cm³/mol. The number of hydrogen-bond donors (Lipinski definition) is 0. The number of fused-ring (bicyclic) bond motifs is 2. The van der Waals surface area contributed by atoms with Crippen molar-refractivity contribution in [3.8, 4) is 11.1 Å². The predicted octanol–water partition coefficient (Wildman–Crippen LogP) is 19.5. The molecular weight excluding hydrogens is 873 g/mol. The molecule has 4 nitrogen and oxygen atoms in total. The fourth-order valence-corrected chi connectivity index (χ4v) is 9.99. The van der Waals surface area contributed by atoms with Gasteiger partial charge in [-0.1, -0.05) is 170 Å². The van der Waals surface area contributed by atoms with Gasteiger partial charge < -0.3 is 19.6 Å². The van der Waals surface area contributed by atoms with E-state index in [-0.39, 0.29) is 0 Å². The molecule has 0 aliphatic heterocycles. The molecule has 0 aliphatic rings. The van der Waals surface area contributed by atoms with Crippen molar-refractivity contribution in [1.82, 2.24) is 0 Å². The van der Waals surface area contributed by atoms with Crippen LogP contribution in [0.25, 0.3) is 32.7 Å². The average Bonchev–Trinajstić information content (AvgIpc) is 3.45. The molecule has 4 heteroatoms. The van der Waals surface area contributed by atoms with E-state index in [9.17, 15) is 0 Å². The standard InChI is InChI=1S/C68H50N4/c1-7-23-55(24-8-1)69(63-45-47-65-53(49-63)21-19-35-67(65)71(57-27-11-3-12-28-57)58-29-13-4-14-30-58)61-41-37-51(38-42-61)52-39-43-62(44-40-52)70(56-25-9-2-10-26-56)64-46-48-66-54(50-64)22-20-36-68(66)72(59-31-15-5-16-32-59)60-33-17-6-18-34-60/h1-50H. The lowest BCUT2D eigenvalue weighted by Crippen LogP contribution is -2.11. The molecule has 0 spiro atoms. The highest BCUT2D eigenvalue weighted by molar-refractivity contribution is 6.02. The maximum atomic E-state index is 2.34. The topological polar surface area (TPSA) is 13.0 Å². The molecule has 0 radical (unpaired) electrons. The molecule has 0 fully saturated rings. The maximum Gasteiger partial charge on any atom is 0.0540 e. The first-order chi connectivity index (χ1) is 35.7. The highest BCUT2D eigenvalue weighted by atomic mass is 15.2. The maximum absolute atomic E-state index is 2.34. The zero-order valence-corrected chi connectivity index (χ0v) is 39.7. The molecule has 0 amide bonds. The van der Waals surface area contributed by atoms with Crippen LogP contribution in [0.1, 0.15) is 0 Å². The molecule has 0 bridgehead atoms. The summed E-state index contributed by atoms with van der Waals surface area (Å²) in [4.78, 5) is 9.37. The Labute approximate surface area is 421 Å².